The molecule has 3 aromatic carbocycles. The van der Waals surface area contributed by atoms with Gasteiger partial charge in [-0.3, -0.25) is 0 Å². The molecular formula is C21H18O. The molecule has 1 unspecified atom stereocenters. The molecule has 0 spiro atoms. The minimum atomic E-state index is 0.253. The molecule has 0 saturated carbocycles. The first-order valence-corrected chi connectivity index (χ1v) is 7.77. The summed E-state index contributed by atoms with van der Waals surface area (Å²) in [6.07, 6.45) is 2.21. The van der Waals surface area contributed by atoms with E-state index in [2.05, 4.69) is 78.9 Å². The van der Waals surface area contributed by atoms with E-state index in [-0.39, 0.29) is 6.10 Å². The van der Waals surface area contributed by atoms with Gasteiger partial charge in [0, 0.05) is 12.8 Å². The molecule has 0 N–H and O–H groups in total. The van der Waals surface area contributed by atoms with Crippen molar-refractivity contribution < 1.29 is 4.74 Å². The van der Waals surface area contributed by atoms with Crippen LogP contribution in [0.3, 0.4) is 0 Å². The Balaban J connectivity index is 1.54. The van der Waals surface area contributed by atoms with Crippen molar-refractivity contribution in [1.82, 2.24) is 0 Å². The minimum Gasteiger partial charge on any atom is -0.489 e. The zero-order valence-corrected chi connectivity index (χ0v) is 12.4. The van der Waals surface area contributed by atoms with Crippen LogP contribution in [-0.4, -0.2) is 6.10 Å². The maximum absolute atomic E-state index is 6.10. The molecule has 22 heavy (non-hydrogen) atoms. The summed E-state index contributed by atoms with van der Waals surface area (Å²) in [6, 6.07) is 27.6. The van der Waals surface area contributed by atoms with E-state index in [1.54, 1.807) is 0 Å². The van der Waals surface area contributed by atoms with Gasteiger partial charge in [-0.15, -0.1) is 0 Å². The molecule has 1 heterocycles. The van der Waals surface area contributed by atoms with Crippen molar-refractivity contribution in [1.29, 1.82) is 0 Å². The van der Waals surface area contributed by atoms with Gasteiger partial charge in [0.1, 0.15) is 11.9 Å². The lowest BCUT2D eigenvalue weighted by Crippen LogP contribution is -2.16. The van der Waals surface area contributed by atoms with Crippen LogP contribution < -0.4 is 4.74 Å². The van der Waals surface area contributed by atoms with Crippen LogP contribution in [-0.2, 0) is 12.8 Å². The molecule has 0 aliphatic carbocycles. The Bertz CT molecular complexity index is 762. The van der Waals surface area contributed by atoms with Gasteiger partial charge in [0.2, 0.25) is 0 Å². The lowest BCUT2D eigenvalue weighted by atomic mass is 9.99. The molecule has 0 bridgehead atoms. The van der Waals surface area contributed by atoms with Gasteiger partial charge in [-0.25, -0.2) is 0 Å². The summed E-state index contributed by atoms with van der Waals surface area (Å²) in [5.41, 5.74) is 5.19. The van der Waals surface area contributed by atoms with Crippen molar-refractivity contribution >= 4 is 0 Å². The standard InChI is InChI=1S/C21H18O/c1-3-7-16(8-4-1)13-20-15-19-14-18(11-12-21(19)22-20)17-9-5-2-6-10-17/h1-12,14,20H,13,15H2. The Kier molecular flexibility index (Phi) is 3.40. The largest absolute Gasteiger partial charge is 0.489 e. The Hall–Kier alpha value is -2.54. The second kappa shape index (κ2) is 5.69. The van der Waals surface area contributed by atoms with E-state index >= 15 is 0 Å². The number of ether oxygens (including phenoxy) is 1. The SMILES string of the molecule is c1ccc(CC2Cc3cc(-c4ccccc4)ccc3O2)cc1. The fraction of sp³-hybridized carbons (Fsp3) is 0.143. The zero-order valence-electron chi connectivity index (χ0n) is 12.4. The lowest BCUT2D eigenvalue weighted by Gasteiger charge is -2.10. The third-order valence-electron chi connectivity index (χ3n) is 4.22. The molecule has 3 aromatic rings. The zero-order chi connectivity index (χ0) is 14.8. The van der Waals surface area contributed by atoms with Crippen molar-refractivity contribution in [2.45, 2.75) is 18.9 Å². The number of hydrogen-bond donors (Lipinski definition) is 0. The molecule has 1 heteroatoms. The molecule has 0 saturated heterocycles. The summed E-state index contributed by atoms with van der Waals surface area (Å²) in [5, 5.41) is 0. The Morgan fingerprint density at radius 2 is 1.50 bits per heavy atom. The van der Waals surface area contributed by atoms with Crippen molar-refractivity contribution in [3.05, 3.63) is 90.0 Å². The first kappa shape index (κ1) is 13.1. The second-order valence-electron chi connectivity index (χ2n) is 5.82. The van der Waals surface area contributed by atoms with E-state index in [1.807, 2.05) is 0 Å². The van der Waals surface area contributed by atoms with Crippen LogP contribution >= 0.6 is 0 Å². The lowest BCUT2D eigenvalue weighted by molar-refractivity contribution is 0.233. The van der Waals surface area contributed by atoms with E-state index in [9.17, 15) is 0 Å². The van der Waals surface area contributed by atoms with Crippen molar-refractivity contribution in [2.24, 2.45) is 0 Å². The van der Waals surface area contributed by atoms with Gasteiger partial charge >= 0.3 is 0 Å². The average Bonchev–Trinajstić information content (AvgIpc) is 2.98. The van der Waals surface area contributed by atoms with E-state index in [0.29, 0.717) is 0 Å². The van der Waals surface area contributed by atoms with Crippen LogP contribution in [0.15, 0.2) is 78.9 Å². The number of hydrogen-bond acceptors (Lipinski definition) is 1. The highest BCUT2D eigenvalue weighted by Gasteiger charge is 2.23. The highest BCUT2D eigenvalue weighted by molar-refractivity contribution is 5.66. The van der Waals surface area contributed by atoms with Crippen molar-refractivity contribution in [3.8, 4) is 16.9 Å². The van der Waals surface area contributed by atoms with Crippen LogP contribution in [0.4, 0.5) is 0 Å². The molecule has 1 aliphatic rings. The van der Waals surface area contributed by atoms with Crippen molar-refractivity contribution in [3.63, 3.8) is 0 Å². The number of benzene rings is 3. The summed E-state index contributed by atoms with van der Waals surface area (Å²) in [7, 11) is 0. The summed E-state index contributed by atoms with van der Waals surface area (Å²) in [6.45, 7) is 0. The van der Waals surface area contributed by atoms with Gasteiger partial charge in [0.25, 0.3) is 0 Å². The molecular weight excluding hydrogens is 268 g/mol. The highest BCUT2D eigenvalue weighted by Crippen LogP contribution is 2.33. The molecule has 0 amide bonds. The fourth-order valence-corrected chi connectivity index (χ4v) is 3.12. The molecule has 1 nitrogen and oxygen atoms in total. The smallest absolute Gasteiger partial charge is 0.123 e. The predicted molar refractivity (Wildman–Crippen MR) is 90.1 cm³/mol. The average molecular weight is 286 g/mol. The molecule has 0 fully saturated rings. The molecule has 4 rings (SSSR count). The molecule has 0 aromatic heterocycles. The van der Waals surface area contributed by atoms with E-state index in [0.717, 1.165) is 18.6 Å². The fourth-order valence-electron chi connectivity index (χ4n) is 3.12. The predicted octanol–water partition coefficient (Wildman–Crippen LogP) is 4.90. The maximum Gasteiger partial charge on any atom is 0.123 e. The van der Waals surface area contributed by atoms with Gasteiger partial charge in [0.05, 0.1) is 0 Å². The topological polar surface area (TPSA) is 9.23 Å². The first-order valence-electron chi connectivity index (χ1n) is 7.77. The quantitative estimate of drug-likeness (QED) is 0.665. The molecule has 1 atom stereocenters. The highest BCUT2D eigenvalue weighted by atomic mass is 16.5. The minimum absolute atomic E-state index is 0.253. The summed E-state index contributed by atoms with van der Waals surface area (Å²) in [5.74, 6) is 1.04. The van der Waals surface area contributed by atoms with E-state index in [1.165, 1.54) is 22.3 Å². The Morgan fingerprint density at radius 3 is 2.27 bits per heavy atom. The summed E-state index contributed by atoms with van der Waals surface area (Å²) in [4.78, 5) is 0. The number of fused-ring (bicyclic) bond motifs is 1. The Labute approximate surface area is 131 Å². The van der Waals surface area contributed by atoms with Gasteiger partial charge in [0.15, 0.2) is 0 Å². The number of rotatable bonds is 3. The van der Waals surface area contributed by atoms with Crippen molar-refractivity contribution in [2.75, 3.05) is 0 Å². The normalized spacial score (nSPS) is 16.1. The first-order chi connectivity index (χ1) is 10.9. The third-order valence-corrected chi connectivity index (χ3v) is 4.22. The van der Waals surface area contributed by atoms with Gasteiger partial charge in [-0.1, -0.05) is 66.7 Å². The molecule has 108 valence electrons. The van der Waals surface area contributed by atoms with Crippen LogP contribution in [0, 0.1) is 0 Å². The van der Waals surface area contributed by atoms with Gasteiger partial charge in [-0.05, 0) is 34.4 Å². The van der Waals surface area contributed by atoms with Crippen LogP contribution in [0.1, 0.15) is 11.1 Å². The maximum atomic E-state index is 6.10. The van der Waals surface area contributed by atoms with Gasteiger partial charge < -0.3 is 4.74 Å². The van der Waals surface area contributed by atoms with Crippen LogP contribution in [0.25, 0.3) is 11.1 Å². The second-order valence-corrected chi connectivity index (χ2v) is 5.82. The van der Waals surface area contributed by atoms with Gasteiger partial charge in [-0.2, -0.15) is 0 Å². The van der Waals surface area contributed by atoms with E-state index in [4.69, 9.17) is 4.74 Å². The van der Waals surface area contributed by atoms with Crippen LogP contribution in [0.2, 0.25) is 0 Å². The molecule has 1 aliphatic heterocycles. The Morgan fingerprint density at radius 1 is 0.773 bits per heavy atom. The van der Waals surface area contributed by atoms with E-state index < -0.39 is 0 Å². The monoisotopic (exact) mass is 286 g/mol. The summed E-state index contributed by atoms with van der Waals surface area (Å²) >= 11 is 0. The molecule has 0 radical (unpaired) electrons. The van der Waals surface area contributed by atoms with Crippen LogP contribution in [0.5, 0.6) is 5.75 Å². The third kappa shape index (κ3) is 2.62. The summed E-state index contributed by atoms with van der Waals surface area (Å²) < 4.78 is 6.10.